The first-order chi connectivity index (χ1) is 7.49. The Morgan fingerprint density at radius 3 is 2.29 bits per heavy atom. The number of carbonyl (C=O) groups excluding carboxylic acids is 1. The van der Waals surface area contributed by atoms with Gasteiger partial charge in [-0.05, 0) is 31.4 Å². The van der Waals surface area contributed by atoms with Crippen molar-refractivity contribution in [1.29, 1.82) is 0 Å². The SMILES string of the molecule is Cc1ccc(NC(=O)[C@@H](N)CC(C)C)cc1.Cl. The van der Waals surface area contributed by atoms with Gasteiger partial charge in [0.2, 0.25) is 5.91 Å². The molecule has 1 atom stereocenters. The smallest absolute Gasteiger partial charge is 0.241 e. The van der Waals surface area contributed by atoms with Gasteiger partial charge in [-0.15, -0.1) is 12.4 Å². The minimum Gasteiger partial charge on any atom is -0.325 e. The first-order valence-corrected chi connectivity index (χ1v) is 5.62. The fraction of sp³-hybridized carbons (Fsp3) is 0.462. The zero-order chi connectivity index (χ0) is 12.1. The molecule has 0 spiro atoms. The van der Waals surface area contributed by atoms with Gasteiger partial charge >= 0.3 is 0 Å². The van der Waals surface area contributed by atoms with Gasteiger partial charge in [0.1, 0.15) is 0 Å². The second-order valence-corrected chi connectivity index (χ2v) is 4.59. The van der Waals surface area contributed by atoms with Crippen molar-refractivity contribution in [3.05, 3.63) is 29.8 Å². The number of nitrogens with one attached hydrogen (secondary N) is 1. The Hall–Kier alpha value is -1.06. The van der Waals surface area contributed by atoms with Crippen molar-refractivity contribution >= 4 is 24.0 Å². The highest BCUT2D eigenvalue weighted by Gasteiger charge is 2.14. The van der Waals surface area contributed by atoms with Gasteiger partial charge in [-0.25, -0.2) is 0 Å². The molecule has 0 bridgehead atoms. The van der Waals surface area contributed by atoms with E-state index in [4.69, 9.17) is 5.73 Å². The summed E-state index contributed by atoms with van der Waals surface area (Å²) in [5.41, 5.74) is 7.76. The zero-order valence-electron chi connectivity index (χ0n) is 10.6. The fourth-order valence-electron chi connectivity index (χ4n) is 1.49. The van der Waals surface area contributed by atoms with E-state index in [2.05, 4.69) is 19.2 Å². The molecule has 0 fully saturated rings. The van der Waals surface area contributed by atoms with Crippen molar-refractivity contribution in [3.8, 4) is 0 Å². The predicted octanol–water partition coefficient (Wildman–Crippen LogP) is 2.73. The molecule has 1 rings (SSSR count). The van der Waals surface area contributed by atoms with Crippen molar-refractivity contribution in [2.45, 2.75) is 33.2 Å². The lowest BCUT2D eigenvalue weighted by molar-refractivity contribution is -0.117. The molecule has 0 aliphatic carbocycles. The average Bonchev–Trinajstić information content (AvgIpc) is 2.20. The number of halogens is 1. The van der Waals surface area contributed by atoms with Gasteiger partial charge in [-0.3, -0.25) is 4.79 Å². The van der Waals surface area contributed by atoms with E-state index in [1.807, 2.05) is 31.2 Å². The molecule has 0 saturated carbocycles. The number of carbonyl (C=O) groups is 1. The maximum atomic E-state index is 11.7. The molecule has 0 aliphatic heterocycles. The highest BCUT2D eigenvalue weighted by Crippen LogP contribution is 2.10. The second kappa shape index (κ2) is 7.30. The second-order valence-electron chi connectivity index (χ2n) is 4.59. The molecule has 0 radical (unpaired) electrons. The Morgan fingerprint density at radius 1 is 1.29 bits per heavy atom. The highest BCUT2D eigenvalue weighted by atomic mass is 35.5. The minimum atomic E-state index is -0.429. The molecule has 1 aromatic carbocycles. The Bertz CT molecular complexity index is 349. The first-order valence-electron chi connectivity index (χ1n) is 5.62. The largest absolute Gasteiger partial charge is 0.325 e. The molecule has 4 heteroatoms. The molecule has 96 valence electrons. The van der Waals surface area contributed by atoms with Gasteiger partial charge in [0.05, 0.1) is 6.04 Å². The molecule has 0 saturated heterocycles. The highest BCUT2D eigenvalue weighted by molar-refractivity contribution is 5.94. The van der Waals surface area contributed by atoms with E-state index < -0.39 is 6.04 Å². The average molecular weight is 257 g/mol. The first kappa shape index (κ1) is 15.9. The number of benzene rings is 1. The normalized spacial score (nSPS) is 11.8. The number of hydrogen-bond donors (Lipinski definition) is 2. The Balaban J connectivity index is 0.00000256. The summed E-state index contributed by atoms with van der Waals surface area (Å²) in [6.45, 7) is 6.12. The summed E-state index contributed by atoms with van der Waals surface area (Å²) in [6, 6.07) is 7.26. The third-order valence-corrected chi connectivity index (χ3v) is 2.38. The van der Waals surface area contributed by atoms with Crippen LogP contribution in [-0.2, 0) is 4.79 Å². The lowest BCUT2D eigenvalue weighted by atomic mass is 10.0. The molecule has 1 amide bonds. The Morgan fingerprint density at radius 2 is 1.82 bits per heavy atom. The molecule has 0 heterocycles. The van der Waals surface area contributed by atoms with Gasteiger partial charge in [0.15, 0.2) is 0 Å². The van der Waals surface area contributed by atoms with Crippen LogP contribution in [0.5, 0.6) is 0 Å². The summed E-state index contributed by atoms with van der Waals surface area (Å²) in [7, 11) is 0. The lowest BCUT2D eigenvalue weighted by Crippen LogP contribution is -2.36. The molecule has 0 unspecified atom stereocenters. The van der Waals surface area contributed by atoms with Crippen LogP contribution >= 0.6 is 12.4 Å². The van der Waals surface area contributed by atoms with E-state index in [1.54, 1.807) is 0 Å². The van der Waals surface area contributed by atoms with Crippen LogP contribution in [0.25, 0.3) is 0 Å². The summed E-state index contributed by atoms with van der Waals surface area (Å²) in [5.74, 6) is 0.316. The van der Waals surface area contributed by atoms with E-state index in [9.17, 15) is 4.79 Å². The van der Waals surface area contributed by atoms with Crippen LogP contribution in [0.4, 0.5) is 5.69 Å². The van der Waals surface area contributed by atoms with Crippen LogP contribution in [-0.4, -0.2) is 11.9 Å². The Kier molecular flexibility index (Phi) is 6.85. The third kappa shape index (κ3) is 5.71. The molecule has 17 heavy (non-hydrogen) atoms. The topological polar surface area (TPSA) is 55.1 Å². The lowest BCUT2D eigenvalue weighted by Gasteiger charge is -2.14. The van der Waals surface area contributed by atoms with Crippen LogP contribution in [0, 0.1) is 12.8 Å². The molecule has 1 aromatic rings. The number of amides is 1. The van der Waals surface area contributed by atoms with Gasteiger partial charge in [-0.1, -0.05) is 31.5 Å². The van der Waals surface area contributed by atoms with Crippen molar-refractivity contribution in [2.24, 2.45) is 11.7 Å². The van der Waals surface area contributed by atoms with Crippen LogP contribution in [0.1, 0.15) is 25.8 Å². The number of aryl methyl sites for hydroxylation is 1. The monoisotopic (exact) mass is 256 g/mol. The number of nitrogens with two attached hydrogens (primary N) is 1. The maximum absolute atomic E-state index is 11.7. The van der Waals surface area contributed by atoms with Crippen LogP contribution in [0.3, 0.4) is 0 Å². The van der Waals surface area contributed by atoms with E-state index >= 15 is 0 Å². The minimum absolute atomic E-state index is 0. The van der Waals surface area contributed by atoms with Crippen molar-refractivity contribution < 1.29 is 4.79 Å². The molecule has 0 aromatic heterocycles. The fourth-order valence-corrected chi connectivity index (χ4v) is 1.49. The predicted molar refractivity (Wildman–Crippen MR) is 74.5 cm³/mol. The molecule has 3 N–H and O–H groups in total. The number of hydrogen-bond acceptors (Lipinski definition) is 2. The Labute approximate surface area is 109 Å². The summed E-state index contributed by atoms with van der Waals surface area (Å²) < 4.78 is 0. The maximum Gasteiger partial charge on any atom is 0.241 e. The van der Waals surface area contributed by atoms with Crippen molar-refractivity contribution in [2.75, 3.05) is 5.32 Å². The van der Waals surface area contributed by atoms with Gasteiger partial charge in [0.25, 0.3) is 0 Å². The molecular weight excluding hydrogens is 236 g/mol. The van der Waals surface area contributed by atoms with Crippen molar-refractivity contribution in [3.63, 3.8) is 0 Å². The third-order valence-electron chi connectivity index (χ3n) is 2.38. The standard InChI is InChI=1S/C13H20N2O.ClH/c1-9(2)8-12(14)13(16)15-11-6-4-10(3)5-7-11;/h4-7,9,12H,8,14H2,1-3H3,(H,15,16);1H/t12-;/m0./s1. The van der Waals surface area contributed by atoms with E-state index in [1.165, 1.54) is 5.56 Å². The van der Waals surface area contributed by atoms with Gasteiger partial charge < -0.3 is 11.1 Å². The van der Waals surface area contributed by atoms with E-state index in [0.29, 0.717) is 12.3 Å². The summed E-state index contributed by atoms with van der Waals surface area (Å²) in [4.78, 5) is 11.7. The van der Waals surface area contributed by atoms with Crippen LogP contribution < -0.4 is 11.1 Å². The number of rotatable bonds is 4. The quantitative estimate of drug-likeness (QED) is 0.870. The zero-order valence-corrected chi connectivity index (χ0v) is 11.4. The molecule has 0 aliphatic rings. The van der Waals surface area contributed by atoms with E-state index in [-0.39, 0.29) is 18.3 Å². The van der Waals surface area contributed by atoms with Gasteiger partial charge in [0, 0.05) is 5.69 Å². The van der Waals surface area contributed by atoms with E-state index in [0.717, 1.165) is 5.69 Å². The molecule has 3 nitrogen and oxygen atoms in total. The van der Waals surface area contributed by atoms with Crippen LogP contribution in [0.15, 0.2) is 24.3 Å². The van der Waals surface area contributed by atoms with Crippen molar-refractivity contribution in [1.82, 2.24) is 0 Å². The summed E-state index contributed by atoms with van der Waals surface area (Å²) in [6.07, 6.45) is 0.706. The van der Waals surface area contributed by atoms with Crippen LogP contribution in [0.2, 0.25) is 0 Å². The molecular formula is C13H21ClN2O. The summed E-state index contributed by atoms with van der Waals surface area (Å²) in [5, 5.41) is 2.81. The summed E-state index contributed by atoms with van der Waals surface area (Å²) >= 11 is 0. The van der Waals surface area contributed by atoms with Gasteiger partial charge in [-0.2, -0.15) is 0 Å². The number of anilines is 1.